The minimum absolute atomic E-state index is 0.124. The van der Waals surface area contributed by atoms with Crippen LogP contribution in [0.25, 0.3) is 0 Å². The zero-order chi connectivity index (χ0) is 9.42. The van der Waals surface area contributed by atoms with E-state index < -0.39 is 0 Å². The van der Waals surface area contributed by atoms with Gasteiger partial charge in [-0.2, -0.15) is 5.10 Å². The molecule has 1 aliphatic carbocycles. The third-order valence-corrected chi connectivity index (χ3v) is 2.42. The van der Waals surface area contributed by atoms with E-state index in [4.69, 9.17) is 5.73 Å². The van der Waals surface area contributed by atoms with Crippen LogP contribution in [0.3, 0.4) is 0 Å². The molecule has 1 fully saturated rings. The van der Waals surface area contributed by atoms with E-state index in [0.29, 0.717) is 11.9 Å². The van der Waals surface area contributed by atoms with Crippen LogP contribution >= 0.6 is 0 Å². The summed E-state index contributed by atoms with van der Waals surface area (Å²) in [5, 5.41) is 6.40. The highest BCUT2D eigenvalue weighted by Gasteiger charge is 2.29. The number of hydrogen-bond acceptors (Lipinski definition) is 3. The monoisotopic (exact) mass is 182 g/mol. The smallest absolute Gasteiger partial charge is 0.321 e. The molecule has 0 radical (unpaired) electrons. The van der Waals surface area contributed by atoms with Crippen LogP contribution in [0.2, 0.25) is 0 Å². The van der Waals surface area contributed by atoms with Gasteiger partial charge < -0.3 is 5.73 Å². The van der Waals surface area contributed by atoms with Crippen LogP contribution in [0.4, 0.5) is 0 Å². The summed E-state index contributed by atoms with van der Waals surface area (Å²) >= 11 is 0. The Morgan fingerprint density at radius 1 is 1.77 bits per heavy atom. The van der Waals surface area contributed by atoms with Crippen molar-refractivity contribution in [1.29, 1.82) is 0 Å². The molecule has 5 nitrogen and oxygen atoms in total. The summed E-state index contributed by atoms with van der Waals surface area (Å²) in [5.41, 5.74) is 5.71. The van der Waals surface area contributed by atoms with Gasteiger partial charge in [0, 0.05) is 6.04 Å². The number of nitrogens with zero attached hydrogens (tertiary/aromatic N) is 2. The molecule has 1 saturated carbocycles. The molecule has 3 N–H and O–H groups in total. The number of H-pyrrole nitrogens is 1. The largest absolute Gasteiger partial charge is 0.343 e. The fourth-order valence-corrected chi connectivity index (χ4v) is 1.45. The number of aromatic amines is 1. The Morgan fingerprint density at radius 2 is 2.46 bits per heavy atom. The van der Waals surface area contributed by atoms with E-state index >= 15 is 0 Å². The molecule has 1 aromatic heterocycles. The molecule has 5 heteroatoms. The summed E-state index contributed by atoms with van der Waals surface area (Å²) in [7, 11) is 0. The van der Waals surface area contributed by atoms with Gasteiger partial charge in [0.1, 0.15) is 0 Å². The van der Waals surface area contributed by atoms with Gasteiger partial charge in [-0.1, -0.05) is 6.92 Å². The maximum Gasteiger partial charge on any atom is 0.343 e. The van der Waals surface area contributed by atoms with Gasteiger partial charge in [0.25, 0.3) is 0 Å². The van der Waals surface area contributed by atoms with E-state index in [1.54, 1.807) is 4.57 Å². The van der Waals surface area contributed by atoms with Gasteiger partial charge in [0.15, 0.2) is 5.82 Å². The van der Waals surface area contributed by atoms with Crippen molar-refractivity contribution in [2.24, 2.45) is 5.73 Å². The SMILES string of the molecule is CC[C@H](N)c1n[nH]c(=O)n1C1CC1. The fraction of sp³-hybridized carbons (Fsp3) is 0.750. The molecule has 1 aromatic rings. The first-order chi connectivity index (χ1) is 6.24. The van der Waals surface area contributed by atoms with Crippen LogP contribution < -0.4 is 11.4 Å². The summed E-state index contributed by atoms with van der Waals surface area (Å²) in [5.74, 6) is 0.704. The Labute approximate surface area is 75.9 Å². The van der Waals surface area contributed by atoms with Crippen LogP contribution in [-0.4, -0.2) is 14.8 Å². The Morgan fingerprint density at radius 3 is 3.00 bits per heavy atom. The van der Waals surface area contributed by atoms with E-state index in [2.05, 4.69) is 10.2 Å². The summed E-state index contributed by atoms with van der Waals surface area (Å²) < 4.78 is 1.70. The number of rotatable bonds is 3. The first kappa shape index (κ1) is 8.50. The summed E-state index contributed by atoms with van der Waals surface area (Å²) in [6.07, 6.45) is 2.95. The van der Waals surface area contributed by atoms with Crippen LogP contribution in [0.1, 0.15) is 44.1 Å². The first-order valence-electron chi connectivity index (χ1n) is 4.66. The predicted molar refractivity (Wildman–Crippen MR) is 48.3 cm³/mol. The molecule has 0 bridgehead atoms. The average molecular weight is 182 g/mol. The molecule has 1 aliphatic rings. The minimum Gasteiger partial charge on any atom is -0.321 e. The van der Waals surface area contributed by atoms with Crippen LogP contribution in [0.15, 0.2) is 4.79 Å². The lowest BCUT2D eigenvalue weighted by atomic mass is 10.2. The Kier molecular flexibility index (Phi) is 1.95. The number of hydrogen-bond donors (Lipinski definition) is 2. The number of nitrogens with one attached hydrogen (secondary N) is 1. The maximum atomic E-state index is 11.3. The molecule has 0 unspecified atom stereocenters. The normalized spacial score (nSPS) is 18.9. The lowest BCUT2D eigenvalue weighted by Gasteiger charge is -2.08. The fourth-order valence-electron chi connectivity index (χ4n) is 1.45. The molecule has 0 aromatic carbocycles. The molecule has 0 saturated heterocycles. The van der Waals surface area contributed by atoms with Gasteiger partial charge in [0.2, 0.25) is 0 Å². The molecule has 0 aliphatic heterocycles. The van der Waals surface area contributed by atoms with E-state index in [1.807, 2.05) is 6.92 Å². The standard InChI is InChI=1S/C8H14N4O/c1-2-6(9)7-10-11-8(13)12(7)5-3-4-5/h5-6H,2-4,9H2,1H3,(H,11,13)/t6-/m0/s1. The Bertz CT molecular complexity index is 349. The van der Waals surface area contributed by atoms with Gasteiger partial charge >= 0.3 is 5.69 Å². The Hall–Kier alpha value is -1.10. The topological polar surface area (TPSA) is 76.7 Å². The molecular weight excluding hydrogens is 168 g/mol. The van der Waals surface area contributed by atoms with Crippen molar-refractivity contribution in [1.82, 2.24) is 14.8 Å². The Balaban J connectivity index is 2.39. The van der Waals surface area contributed by atoms with E-state index in [-0.39, 0.29) is 11.7 Å². The second kappa shape index (κ2) is 2.99. The van der Waals surface area contributed by atoms with Crippen molar-refractivity contribution < 1.29 is 0 Å². The average Bonchev–Trinajstić information content (AvgIpc) is 2.89. The molecule has 72 valence electrons. The third-order valence-electron chi connectivity index (χ3n) is 2.42. The highest BCUT2D eigenvalue weighted by molar-refractivity contribution is 4.99. The van der Waals surface area contributed by atoms with Gasteiger partial charge in [-0.3, -0.25) is 4.57 Å². The van der Waals surface area contributed by atoms with Gasteiger partial charge in [-0.25, -0.2) is 9.89 Å². The van der Waals surface area contributed by atoms with Crippen molar-refractivity contribution in [2.45, 2.75) is 38.3 Å². The minimum atomic E-state index is -0.125. The summed E-state index contributed by atoms with van der Waals surface area (Å²) in [4.78, 5) is 11.3. The molecule has 1 heterocycles. The van der Waals surface area contributed by atoms with Gasteiger partial charge in [-0.05, 0) is 19.3 Å². The maximum absolute atomic E-state index is 11.3. The summed E-state index contributed by atoms with van der Waals surface area (Å²) in [6, 6.07) is 0.221. The van der Waals surface area contributed by atoms with E-state index in [1.165, 1.54) is 0 Å². The van der Waals surface area contributed by atoms with Crippen molar-refractivity contribution in [3.05, 3.63) is 16.3 Å². The number of aromatic nitrogens is 3. The molecular formula is C8H14N4O. The summed E-state index contributed by atoms with van der Waals surface area (Å²) in [6.45, 7) is 1.99. The van der Waals surface area contributed by atoms with Crippen LogP contribution in [0, 0.1) is 0 Å². The predicted octanol–water partition coefficient (Wildman–Crippen LogP) is 0.316. The van der Waals surface area contributed by atoms with E-state index in [0.717, 1.165) is 19.3 Å². The quantitative estimate of drug-likeness (QED) is 0.706. The number of nitrogens with two attached hydrogens (primary N) is 1. The lowest BCUT2D eigenvalue weighted by Crippen LogP contribution is -2.22. The lowest BCUT2D eigenvalue weighted by molar-refractivity contribution is 0.573. The second-order valence-corrected chi connectivity index (χ2v) is 3.50. The second-order valence-electron chi connectivity index (χ2n) is 3.50. The first-order valence-corrected chi connectivity index (χ1v) is 4.66. The van der Waals surface area contributed by atoms with Crippen LogP contribution in [0.5, 0.6) is 0 Å². The van der Waals surface area contributed by atoms with Crippen LogP contribution in [-0.2, 0) is 0 Å². The van der Waals surface area contributed by atoms with Crippen molar-refractivity contribution in [3.8, 4) is 0 Å². The highest BCUT2D eigenvalue weighted by Crippen LogP contribution is 2.35. The van der Waals surface area contributed by atoms with Gasteiger partial charge in [-0.15, -0.1) is 0 Å². The van der Waals surface area contributed by atoms with Crippen molar-refractivity contribution in [3.63, 3.8) is 0 Å². The molecule has 0 spiro atoms. The zero-order valence-corrected chi connectivity index (χ0v) is 7.66. The molecule has 13 heavy (non-hydrogen) atoms. The molecule has 0 amide bonds. The van der Waals surface area contributed by atoms with E-state index in [9.17, 15) is 4.79 Å². The van der Waals surface area contributed by atoms with Crippen molar-refractivity contribution in [2.75, 3.05) is 0 Å². The van der Waals surface area contributed by atoms with Gasteiger partial charge in [0.05, 0.1) is 6.04 Å². The molecule has 1 atom stereocenters. The molecule has 2 rings (SSSR count). The highest BCUT2D eigenvalue weighted by atomic mass is 16.1. The van der Waals surface area contributed by atoms with Crippen molar-refractivity contribution >= 4 is 0 Å². The third kappa shape index (κ3) is 1.39. The zero-order valence-electron chi connectivity index (χ0n) is 7.66.